The molecule has 2 atom stereocenters. The standard InChI is InChI=1S/C28H24ClFN4O3S/c29-21-14-31-34-11-5-10-23-20(25(21)34)13-24(38-23)26(35)32-17(12-16-6-1-4-9-22(16)30)15-33-27(36)18-7-2-3-8-19(18)28(33)37/h1-4,6-9,13-14,17,27,36H,5,10-12,15H2,(H,32,35)/t17-,27?/m0/s1. The first-order chi connectivity index (χ1) is 18.4. The van der Waals surface area contributed by atoms with E-state index in [1.807, 2.05) is 10.7 Å². The molecule has 2 aromatic carbocycles. The summed E-state index contributed by atoms with van der Waals surface area (Å²) in [5.74, 6) is -1.05. The van der Waals surface area contributed by atoms with Crippen molar-refractivity contribution in [3.63, 3.8) is 0 Å². The highest BCUT2D eigenvalue weighted by molar-refractivity contribution is 7.14. The number of hydrogen-bond donors (Lipinski definition) is 2. The van der Waals surface area contributed by atoms with Gasteiger partial charge in [-0.2, -0.15) is 5.10 Å². The number of benzene rings is 2. The van der Waals surface area contributed by atoms with E-state index in [2.05, 4.69) is 10.4 Å². The Labute approximate surface area is 227 Å². The number of aromatic nitrogens is 2. The molecule has 0 aliphatic carbocycles. The van der Waals surface area contributed by atoms with Crippen LogP contribution in [0.1, 0.15) is 48.7 Å². The molecule has 194 valence electrons. The van der Waals surface area contributed by atoms with E-state index in [4.69, 9.17) is 11.6 Å². The summed E-state index contributed by atoms with van der Waals surface area (Å²) in [6, 6.07) is 14.4. The van der Waals surface area contributed by atoms with Crippen molar-refractivity contribution in [2.24, 2.45) is 0 Å². The molecule has 0 radical (unpaired) electrons. The van der Waals surface area contributed by atoms with E-state index in [1.54, 1.807) is 48.7 Å². The molecule has 4 heterocycles. The van der Waals surface area contributed by atoms with E-state index in [1.165, 1.54) is 22.3 Å². The van der Waals surface area contributed by atoms with Gasteiger partial charge >= 0.3 is 0 Å². The average molecular weight is 551 g/mol. The molecular formula is C28H24ClFN4O3S. The fourth-order valence-corrected chi connectivity index (χ4v) is 6.58. The lowest BCUT2D eigenvalue weighted by Crippen LogP contribution is -2.46. The van der Waals surface area contributed by atoms with E-state index in [9.17, 15) is 19.1 Å². The lowest BCUT2D eigenvalue weighted by molar-refractivity contribution is 0.0133. The molecule has 0 spiro atoms. The van der Waals surface area contributed by atoms with E-state index < -0.39 is 18.1 Å². The lowest BCUT2D eigenvalue weighted by atomic mass is 10.0. The van der Waals surface area contributed by atoms with Crippen LogP contribution in [0, 0.1) is 5.82 Å². The number of nitrogens with zero attached hydrogens (tertiary/aromatic N) is 3. The van der Waals surface area contributed by atoms with Crippen molar-refractivity contribution in [1.29, 1.82) is 0 Å². The number of nitrogens with one attached hydrogen (secondary N) is 1. The monoisotopic (exact) mass is 550 g/mol. The second kappa shape index (κ2) is 9.98. The number of aliphatic hydroxyl groups excluding tert-OH is 1. The average Bonchev–Trinajstić information content (AvgIpc) is 3.52. The van der Waals surface area contributed by atoms with Gasteiger partial charge in [0.05, 0.1) is 27.8 Å². The Morgan fingerprint density at radius 1 is 1.21 bits per heavy atom. The van der Waals surface area contributed by atoms with Gasteiger partial charge in [0.15, 0.2) is 6.23 Å². The van der Waals surface area contributed by atoms with Gasteiger partial charge in [0.2, 0.25) is 0 Å². The second-order valence-electron chi connectivity index (χ2n) is 9.50. The quantitative estimate of drug-likeness (QED) is 0.360. The molecule has 38 heavy (non-hydrogen) atoms. The van der Waals surface area contributed by atoms with Gasteiger partial charge in [-0.1, -0.05) is 48.0 Å². The molecule has 0 saturated carbocycles. The fourth-order valence-electron chi connectivity index (χ4n) is 5.23. The van der Waals surface area contributed by atoms with Crippen molar-refractivity contribution >= 4 is 34.8 Å². The molecule has 0 fully saturated rings. The van der Waals surface area contributed by atoms with E-state index in [0.717, 1.165) is 35.5 Å². The smallest absolute Gasteiger partial charge is 0.261 e. The third-order valence-electron chi connectivity index (χ3n) is 7.06. The van der Waals surface area contributed by atoms with Crippen LogP contribution in [-0.4, -0.2) is 44.2 Å². The number of aryl methyl sites for hydroxylation is 2. The van der Waals surface area contributed by atoms with Gasteiger partial charge in [0, 0.05) is 34.7 Å². The van der Waals surface area contributed by atoms with Crippen LogP contribution in [0.5, 0.6) is 0 Å². The number of fused-ring (bicyclic) bond motifs is 4. The third-order valence-corrected chi connectivity index (χ3v) is 8.53. The zero-order chi connectivity index (χ0) is 26.4. The van der Waals surface area contributed by atoms with Crippen molar-refractivity contribution in [1.82, 2.24) is 20.0 Å². The zero-order valence-corrected chi connectivity index (χ0v) is 21.8. The van der Waals surface area contributed by atoms with Crippen molar-refractivity contribution in [3.05, 3.63) is 98.1 Å². The summed E-state index contributed by atoms with van der Waals surface area (Å²) in [5, 5.41) is 18.8. The molecule has 10 heteroatoms. The van der Waals surface area contributed by atoms with E-state index in [0.29, 0.717) is 26.6 Å². The maximum Gasteiger partial charge on any atom is 0.261 e. The van der Waals surface area contributed by atoms with Crippen molar-refractivity contribution < 1.29 is 19.1 Å². The molecule has 4 aromatic rings. The van der Waals surface area contributed by atoms with Crippen molar-refractivity contribution in [2.75, 3.05) is 6.54 Å². The molecule has 0 saturated heterocycles. The Morgan fingerprint density at radius 3 is 2.82 bits per heavy atom. The van der Waals surface area contributed by atoms with Gasteiger partial charge in [0.25, 0.3) is 11.8 Å². The summed E-state index contributed by atoms with van der Waals surface area (Å²) < 4.78 is 16.4. The lowest BCUT2D eigenvalue weighted by Gasteiger charge is -2.27. The predicted octanol–water partition coefficient (Wildman–Crippen LogP) is 4.84. The minimum atomic E-state index is -1.14. The SMILES string of the molecule is O=C(N[C@@H](Cc1ccccc1F)CN1C(=O)c2ccccc2C1O)c1cc2c(s1)CCCn1ncc(Cl)c1-2. The van der Waals surface area contributed by atoms with Gasteiger partial charge in [-0.3, -0.25) is 14.3 Å². The maximum atomic E-state index is 14.6. The summed E-state index contributed by atoms with van der Waals surface area (Å²) >= 11 is 7.82. The minimum absolute atomic E-state index is 0.0123. The molecule has 6 rings (SSSR count). The van der Waals surface area contributed by atoms with Crippen LogP contribution >= 0.6 is 22.9 Å². The largest absolute Gasteiger partial charge is 0.369 e. The first-order valence-electron chi connectivity index (χ1n) is 12.4. The molecule has 2 aliphatic heterocycles. The molecule has 0 bridgehead atoms. The topological polar surface area (TPSA) is 87.5 Å². The summed E-state index contributed by atoms with van der Waals surface area (Å²) in [6.45, 7) is 0.767. The van der Waals surface area contributed by atoms with Crippen LogP contribution in [0.2, 0.25) is 5.02 Å². The second-order valence-corrected chi connectivity index (χ2v) is 11.0. The molecule has 2 N–H and O–H groups in total. The van der Waals surface area contributed by atoms with Crippen LogP contribution in [0.3, 0.4) is 0 Å². The Balaban J connectivity index is 1.28. The Bertz CT molecular complexity index is 1550. The van der Waals surface area contributed by atoms with E-state index >= 15 is 0 Å². The molecular weight excluding hydrogens is 527 g/mol. The number of carbonyl (C=O) groups is 2. The van der Waals surface area contributed by atoms with Crippen molar-refractivity contribution in [3.8, 4) is 11.3 Å². The number of amides is 2. The molecule has 1 unspecified atom stereocenters. The van der Waals surface area contributed by atoms with E-state index in [-0.39, 0.29) is 24.8 Å². The number of thiophene rings is 1. The Hall–Kier alpha value is -3.53. The highest BCUT2D eigenvalue weighted by Gasteiger charge is 2.37. The predicted molar refractivity (Wildman–Crippen MR) is 143 cm³/mol. The number of rotatable bonds is 6. The van der Waals surface area contributed by atoms with Gasteiger partial charge < -0.3 is 15.3 Å². The fraction of sp³-hybridized carbons (Fsp3) is 0.250. The molecule has 2 aliphatic rings. The Morgan fingerprint density at radius 2 is 2.00 bits per heavy atom. The first kappa shape index (κ1) is 24.8. The normalized spacial score (nSPS) is 17.0. The highest BCUT2D eigenvalue weighted by atomic mass is 35.5. The number of hydrogen-bond acceptors (Lipinski definition) is 5. The molecule has 2 amide bonds. The molecule has 7 nitrogen and oxygen atoms in total. The highest BCUT2D eigenvalue weighted by Crippen LogP contribution is 2.39. The van der Waals surface area contributed by atoms with Crippen LogP contribution < -0.4 is 5.32 Å². The van der Waals surface area contributed by atoms with Crippen molar-refractivity contribution in [2.45, 2.75) is 38.1 Å². The first-order valence-corrected chi connectivity index (χ1v) is 13.6. The van der Waals surface area contributed by atoms with Crippen LogP contribution in [0.25, 0.3) is 11.3 Å². The van der Waals surface area contributed by atoms with Gasteiger partial charge in [0.1, 0.15) is 5.82 Å². The number of halogens is 2. The zero-order valence-electron chi connectivity index (χ0n) is 20.2. The van der Waals surface area contributed by atoms with Crippen LogP contribution in [-0.2, 0) is 19.4 Å². The summed E-state index contributed by atoms with van der Waals surface area (Å²) in [5.41, 5.74) is 3.05. The summed E-state index contributed by atoms with van der Waals surface area (Å²) in [7, 11) is 0. The number of carbonyl (C=O) groups excluding carboxylic acids is 2. The van der Waals surface area contributed by atoms with Gasteiger partial charge in [-0.05, 0) is 43.0 Å². The maximum absolute atomic E-state index is 14.6. The van der Waals surface area contributed by atoms with Crippen LogP contribution in [0.4, 0.5) is 4.39 Å². The third kappa shape index (κ3) is 4.40. The number of aliphatic hydroxyl groups is 1. The summed E-state index contributed by atoms with van der Waals surface area (Å²) in [4.78, 5) is 29.4. The summed E-state index contributed by atoms with van der Waals surface area (Å²) in [6.07, 6.45) is 2.31. The van der Waals surface area contributed by atoms with Gasteiger partial charge in [-0.15, -0.1) is 11.3 Å². The molecule has 2 aromatic heterocycles. The van der Waals surface area contributed by atoms with Crippen LogP contribution in [0.15, 0.2) is 60.8 Å². The minimum Gasteiger partial charge on any atom is -0.369 e. The Kier molecular flexibility index (Phi) is 6.51. The van der Waals surface area contributed by atoms with Gasteiger partial charge in [-0.25, -0.2) is 4.39 Å².